The van der Waals surface area contributed by atoms with Gasteiger partial charge in [0.25, 0.3) is 0 Å². The first-order chi connectivity index (χ1) is 11.6. The monoisotopic (exact) mass is 382 g/mol. The zero-order chi connectivity index (χ0) is 18.8. The van der Waals surface area contributed by atoms with Gasteiger partial charge in [0.1, 0.15) is 4.88 Å². The number of hydrogen-bond acceptors (Lipinski definition) is 7. The largest absolute Gasteiger partial charge is 0.453 e. The molecule has 134 valence electrons. The fraction of sp³-hybridized carbons (Fsp3) is 0.312. The first-order valence-corrected chi connectivity index (χ1v) is 9.94. The van der Waals surface area contributed by atoms with Crippen LogP contribution in [-0.4, -0.2) is 45.1 Å². The predicted molar refractivity (Wildman–Crippen MR) is 95.9 cm³/mol. The summed E-state index contributed by atoms with van der Waals surface area (Å²) in [6, 6.07) is 6.03. The number of thiazole rings is 1. The van der Waals surface area contributed by atoms with Gasteiger partial charge in [-0.05, 0) is 38.1 Å². The molecule has 0 unspecified atom stereocenters. The van der Waals surface area contributed by atoms with Crippen molar-refractivity contribution in [3.63, 3.8) is 0 Å². The molecular formula is C16H18N2O5S2. The van der Waals surface area contributed by atoms with Crippen LogP contribution in [0.3, 0.4) is 0 Å². The fourth-order valence-corrected chi connectivity index (χ4v) is 3.37. The summed E-state index contributed by atoms with van der Waals surface area (Å²) in [6.07, 6.45) is 1.09. The maximum absolute atomic E-state index is 12.1. The molecule has 2 aromatic rings. The van der Waals surface area contributed by atoms with E-state index in [9.17, 15) is 18.0 Å². The smallest absolute Gasteiger partial charge is 0.350 e. The van der Waals surface area contributed by atoms with Crippen molar-refractivity contribution in [3.8, 4) is 0 Å². The molecule has 1 heterocycles. The van der Waals surface area contributed by atoms with E-state index in [0.29, 0.717) is 21.8 Å². The van der Waals surface area contributed by atoms with Crippen LogP contribution >= 0.6 is 11.3 Å². The summed E-state index contributed by atoms with van der Waals surface area (Å²) in [7, 11) is -1.94. The predicted octanol–water partition coefficient (Wildman–Crippen LogP) is 2.20. The van der Waals surface area contributed by atoms with E-state index in [2.05, 4.69) is 4.98 Å². The summed E-state index contributed by atoms with van der Waals surface area (Å²) in [6.45, 7) is 3.10. The van der Waals surface area contributed by atoms with Crippen LogP contribution in [0.15, 0.2) is 24.3 Å². The highest BCUT2D eigenvalue weighted by atomic mass is 32.2. The number of rotatable bonds is 6. The van der Waals surface area contributed by atoms with Gasteiger partial charge in [0, 0.05) is 12.6 Å². The number of anilines is 1. The molecule has 1 aromatic carbocycles. The van der Waals surface area contributed by atoms with E-state index in [1.165, 1.54) is 42.6 Å². The van der Waals surface area contributed by atoms with Gasteiger partial charge in [0.15, 0.2) is 12.4 Å². The first-order valence-electron chi connectivity index (χ1n) is 7.28. The number of sulfonamides is 1. The van der Waals surface area contributed by atoms with Crippen LogP contribution < -0.4 is 4.31 Å². The number of ether oxygens (including phenoxy) is 1. The molecule has 9 heteroatoms. The highest BCUT2D eigenvalue weighted by Crippen LogP contribution is 2.19. The Morgan fingerprint density at radius 2 is 1.80 bits per heavy atom. The Hall–Kier alpha value is -2.26. The van der Waals surface area contributed by atoms with Crippen LogP contribution in [0.4, 0.5) is 5.69 Å². The Labute approximate surface area is 150 Å². The Kier molecular flexibility index (Phi) is 5.58. The standard InChI is InChI=1S/C16H18N2O5S2/c1-10-15(24-11(2)17-10)16(20)23-9-14(19)12-5-7-13(8-6-12)18(3)25(4,21)22/h5-8H,9H2,1-4H3. The van der Waals surface area contributed by atoms with Gasteiger partial charge in [-0.25, -0.2) is 18.2 Å². The highest BCUT2D eigenvalue weighted by Gasteiger charge is 2.18. The van der Waals surface area contributed by atoms with Gasteiger partial charge < -0.3 is 4.74 Å². The van der Waals surface area contributed by atoms with Gasteiger partial charge in [-0.1, -0.05) is 0 Å². The molecule has 0 radical (unpaired) electrons. The summed E-state index contributed by atoms with van der Waals surface area (Å²) in [5.74, 6) is -0.953. The second kappa shape index (κ2) is 7.32. The Morgan fingerprint density at radius 3 is 2.28 bits per heavy atom. The van der Waals surface area contributed by atoms with Crippen molar-refractivity contribution < 1.29 is 22.7 Å². The molecule has 7 nitrogen and oxygen atoms in total. The van der Waals surface area contributed by atoms with Crippen LogP contribution in [0.5, 0.6) is 0 Å². The van der Waals surface area contributed by atoms with Crippen LogP contribution in [-0.2, 0) is 14.8 Å². The SMILES string of the molecule is Cc1nc(C)c(C(=O)OCC(=O)c2ccc(N(C)S(C)(=O)=O)cc2)s1. The molecule has 0 fully saturated rings. The number of Topliss-reactive ketones (excluding diaryl/α,β-unsaturated/α-hetero) is 1. The van der Waals surface area contributed by atoms with Crippen LogP contribution in [0.25, 0.3) is 0 Å². The van der Waals surface area contributed by atoms with E-state index in [1.807, 2.05) is 0 Å². The summed E-state index contributed by atoms with van der Waals surface area (Å²) in [5, 5.41) is 0.751. The Bertz CT molecular complexity index is 901. The lowest BCUT2D eigenvalue weighted by molar-refractivity contribution is 0.0478. The molecule has 0 saturated carbocycles. The number of esters is 1. The average Bonchev–Trinajstić information content (AvgIpc) is 2.89. The zero-order valence-corrected chi connectivity index (χ0v) is 15.9. The van der Waals surface area contributed by atoms with E-state index < -0.39 is 22.6 Å². The quantitative estimate of drug-likeness (QED) is 0.562. The van der Waals surface area contributed by atoms with Crippen molar-refractivity contribution in [2.75, 3.05) is 24.2 Å². The topological polar surface area (TPSA) is 93.6 Å². The summed E-state index contributed by atoms with van der Waals surface area (Å²) < 4.78 is 29.1. The number of benzene rings is 1. The number of carbonyl (C=O) groups is 2. The van der Waals surface area contributed by atoms with Gasteiger partial charge in [0.05, 0.1) is 22.6 Å². The van der Waals surface area contributed by atoms with Crippen molar-refractivity contribution in [3.05, 3.63) is 45.4 Å². The van der Waals surface area contributed by atoms with Crippen molar-refractivity contribution in [1.29, 1.82) is 0 Å². The Morgan fingerprint density at radius 1 is 1.20 bits per heavy atom. The Balaban J connectivity index is 2.02. The minimum Gasteiger partial charge on any atom is -0.453 e. The van der Waals surface area contributed by atoms with Crippen molar-refractivity contribution >= 4 is 38.8 Å². The van der Waals surface area contributed by atoms with Crippen molar-refractivity contribution in [1.82, 2.24) is 4.98 Å². The highest BCUT2D eigenvalue weighted by molar-refractivity contribution is 7.92. The molecule has 0 atom stereocenters. The van der Waals surface area contributed by atoms with E-state index >= 15 is 0 Å². The maximum atomic E-state index is 12.1. The molecule has 0 bridgehead atoms. The lowest BCUT2D eigenvalue weighted by Gasteiger charge is -2.16. The van der Waals surface area contributed by atoms with Crippen molar-refractivity contribution in [2.24, 2.45) is 0 Å². The van der Waals surface area contributed by atoms with E-state index in [4.69, 9.17) is 4.74 Å². The number of aryl methyl sites for hydroxylation is 2. The number of carbonyl (C=O) groups excluding carboxylic acids is 2. The average molecular weight is 382 g/mol. The van der Waals surface area contributed by atoms with Gasteiger partial charge in [-0.3, -0.25) is 9.10 Å². The third kappa shape index (κ3) is 4.64. The van der Waals surface area contributed by atoms with E-state index in [1.54, 1.807) is 13.8 Å². The maximum Gasteiger partial charge on any atom is 0.350 e. The second-order valence-electron chi connectivity index (χ2n) is 5.42. The van der Waals surface area contributed by atoms with E-state index in [-0.39, 0.29) is 5.78 Å². The lowest BCUT2D eigenvalue weighted by Crippen LogP contribution is -2.24. The summed E-state index contributed by atoms with van der Waals surface area (Å²) in [5.41, 5.74) is 1.34. The summed E-state index contributed by atoms with van der Waals surface area (Å²) >= 11 is 1.22. The molecule has 1 aromatic heterocycles. The molecule has 0 aliphatic carbocycles. The minimum absolute atomic E-state index is 0.329. The van der Waals surface area contributed by atoms with Gasteiger partial charge in [-0.2, -0.15) is 0 Å². The van der Waals surface area contributed by atoms with Crippen molar-refractivity contribution in [2.45, 2.75) is 13.8 Å². The molecular weight excluding hydrogens is 364 g/mol. The second-order valence-corrected chi connectivity index (χ2v) is 8.64. The van der Waals surface area contributed by atoms with Gasteiger partial charge >= 0.3 is 5.97 Å². The third-order valence-electron chi connectivity index (χ3n) is 3.47. The fourth-order valence-electron chi connectivity index (χ4n) is 2.05. The normalized spacial score (nSPS) is 11.2. The van der Waals surface area contributed by atoms with Crippen LogP contribution in [0, 0.1) is 13.8 Å². The molecule has 0 aliphatic rings. The molecule has 0 N–H and O–H groups in total. The molecule has 2 rings (SSSR count). The molecule has 0 aliphatic heterocycles. The number of aromatic nitrogens is 1. The molecule has 0 spiro atoms. The van der Waals surface area contributed by atoms with E-state index in [0.717, 1.165) is 15.6 Å². The van der Waals surface area contributed by atoms with Crippen LogP contribution in [0.2, 0.25) is 0 Å². The number of hydrogen-bond donors (Lipinski definition) is 0. The molecule has 0 amide bonds. The number of ketones is 1. The minimum atomic E-state index is -3.37. The first kappa shape index (κ1) is 19.1. The number of nitrogens with zero attached hydrogens (tertiary/aromatic N) is 2. The van der Waals surface area contributed by atoms with Gasteiger partial charge in [-0.15, -0.1) is 11.3 Å². The van der Waals surface area contributed by atoms with Crippen LogP contribution in [0.1, 0.15) is 30.7 Å². The third-order valence-corrected chi connectivity index (χ3v) is 5.73. The lowest BCUT2D eigenvalue weighted by atomic mass is 10.1. The summed E-state index contributed by atoms with van der Waals surface area (Å²) in [4.78, 5) is 28.6. The molecule has 0 saturated heterocycles. The molecule has 25 heavy (non-hydrogen) atoms. The zero-order valence-electron chi connectivity index (χ0n) is 14.3. The van der Waals surface area contributed by atoms with Gasteiger partial charge in [0.2, 0.25) is 10.0 Å².